The number of fused-ring (bicyclic) bond motifs is 1. The lowest BCUT2D eigenvalue weighted by Crippen LogP contribution is -2.19. The van der Waals surface area contributed by atoms with Gasteiger partial charge in [0.05, 0.1) is 26.5 Å². The highest BCUT2D eigenvalue weighted by molar-refractivity contribution is 8.15. The lowest BCUT2D eigenvalue weighted by molar-refractivity contribution is -0.138. The maximum Gasteiger partial charge on any atom is 0.327 e. The van der Waals surface area contributed by atoms with Gasteiger partial charge in [-0.05, 0) is 25.2 Å². The summed E-state index contributed by atoms with van der Waals surface area (Å²) in [4.78, 5) is 15.3. The Bertz CT molecular complexity index is 691. The van der Waals surface area contributed by atoms with Crippen molar-refractivity contribution in [2.75, 3.05) is 33.6 Å². The van der Waals surface area contributed by atoms with Crippen LogP contribution in [0, 0.1) is 11.2 Å². The van der Waals surface area contributed by atoms with Crippen LogP contribution in [0.5, 0.6) is 11.5 Å². The highest BCUT2D eigenvalue weighted by Crippen LogP contribution is 2.38. The fraction of sp³-hybridized carbons (Fsp3) is 0.438. The van der Waals surface area contributed by atoms with E-state index in [1.807, 2.05) is 0 Å². The van der Waals surface area contributed by atoms with Crippen molar-refractivity contribution in [1.82, 2.24) is 0 Å². The van der Waals surface area contributed by atoms with Crippen molar-refractivity contribution in [3.05, 3.63) is 23.0 Å². The van der Waals surface area contributed by atoms with Crippen LogP contribution in [0.4, 0.5) is 4.39 Å². The van der Waals surface area contributed by atoms with Gasteiger partial charge in [-0.15, -0.1) is 11.8 Å². The summed E-state index contributed by atoms with van der Waals surface area (Å²) in [5.74, 6) is -0.240. The van der Waals surface area contributed by atoms with Gasteiger partial charge in [0, 0.05) is 11.1 Å². The topological polar surface area (TPSA) is 81.0 Å². The molecule has 0 bridgehead atoms. The molecule has 1 aromatic rings. The van der Waals surface area contributed by atoms with Gasteiger partial charge in [0.25, 0.3) is 0 Å². The number of halogens is 1. The molecule has 0 fully saturated rings. The van der Waals surface area contributed by atoms with Gasteiger partial charge in [0.15, 0.2) is 11.5 Å². The van der Waals surface area contributed by atoms with Crippen LogP contribution in [0.1, 0.15) is 17.5 Å². The van der Waals surface area contributed by atoms with Crippen molar-refractivity contribution >= 4 is 28.5 Å². The number of hydrogen-bond donors (Lipinski definition) is 1. The van der Waals surface area contributed by atoms with Crippen LogP contribution in [0.15, 0.2) is 11.1 Å². The molecule has 0 amide bonds. The Balaban J connectivity index is 2.43. The number of nitrogens with zero attached hydrogens (tertiary/aromatic N) is 1. The number of esters is 1. The fourth-order valence-electron chi connectivity index (χ4n) is 2.37. The summed E-state index contributed by atoms with van der Waals surface area (Å²) in [6.07, 6.45) is 2.93. The van der Waals surface area contributed by atoms with Crippen LogP contribution >= 0.6 is 11.8 Å². The molecule has 8 heteroatoms. The van der Waals surface area contributed by atoms with Crippen LogP contribution in [0.25, 0.3) is 0 Å². The molecule has 1 N–H and O–H groups in total. The van der Waals surface area contributed by atoms with Crippen molar-refractivity contribution in [2.24, 2.45) is 4.99 Å². The number of ether oxygens (including phenoxy) is 3. The van der Waals surface area contributed by atoms with E-state index in [0.717, 1.165) is 11.8 Å². The predicted molar refractivity (Wildman–Crippen MR) is 91.4 cm³/mol. The molecule has 0 aliphatic carbocycles. The molecule has 0 saturated carbocycles. The Morgan fingerprint density at radius 3 is 2.88 bits per heavy atom. The Hall–Kier alpha value is -2.09. The summed E-state index contributed by atoms with van der Waals surface area (Å²) in [6, 6.07) is 1.44. The summed E-state index contributed by atoms with van der Waals surface area (Å²) < 4.78 is 30.2. The Labute approximate surface area is 143 Å². The first-order valence-electron chi connectivity index (χ1n) is 7.30. The molecule has 0 radical (unpaired) electrons. The smallest absolute Gasteiger partial charge is 0.327 e. The zero-order valence-electron chi connectivity index (χ0n) is 13.8. The van der Waals surface area contributed by atoms with Crippen LogP contribution in [-0.2, 0) is 16.0 Å². The highest BCUT2D eigenvalue weighted by Gasteiger charge is 2.26. The maximum atomic E-state index is 14.9. The highest BCUT2D eigenvalue weighted by atomic mass is 32.2. The monoisotopic (exact) mass is 354 g/mol. The largest absolute Gasteiger partial charge is 0.493 e. The number of carbonyl (C=O) groups is 1. The Kier molecular flexibility index (Phi) is 6.19. The number of rotatable bonds is 5. The second-order valence-corrected chi connectivity index (χ2v) is 5.77. The molecule has 2 rings (SSSR count). The quantitative estimate of drug-likeness (QED) is 0.499. The number of aliphatic imine (C=N–C) groups is 1. The minimum Gasteiger partial charge on any atom is -0.493 e. The average molecular weight is 354 g/mol. The number of hydrogen-bond acceptors (Lipinski definition) is 7. The normalized spacial score (nSPS) is 13.8. The molecule has 1 aliphatic rings. The Morgan fingerprint density at radius 1 is 1.50 bits per heavy atom. The third-order valence-corrected chi connectivity index (χ3v) is 4.29. The molecule has 0 spiro atoms. The lowest BCUT2D eigenvalue weighted by Gasteiger charge is -2.22. The molecule has 0 saturated heterocycles. The first-order chi connectivity index (χ1) is 11.5. The molecule has 1 aromatic carbocycles. The lowest BCUT2D eigenvalue weighted by atomic mass is 9.99. The van der Waals surface area contributed by atoms with Gasteiger partial charge in [-0.25, -0.2) is 4.39 Å². The molecule has 0 unspecified atom stereocenters. The predicted octanol–water partition coefficient (Wildman–Crippen LogP) is 2.46. The second kappa shape index (κ2) is 8.14. The van der Waals surface area contributed by atoms with Crippen LogP contribution in [0.3, 0.4) is 0 Å². The number of nitrogens with one attached hydrogen (secondary N) is 1. The van der Waals surface area contributed by atoms with E-state index in [2.05, 4.69) is 9.73 Å². The first kappa shape index (κ1) is 18.3. The van der Waals surface area contributed by atoms with Crippen molar-refractivity contribution in [1.29, 1.82) is 5.41 Å². The van der Waals surface area contributed by atoms with Crippen molar-refractivity contribution in [3.63, 3.8) is 0 Å². The molecule has 1 heterocycles. The van der Waals surface area contributed by atoms with Crippen LogP contribution in [-0.4, -0.2) is 50.4 Å². The SMILES string of the molecule is COC(=O)CN=C(SC)C(=N)c1cc(OC)c2c(c1F)CCCO2. The van der Waals surface area contributed by atoms with Gasteiger partial charge in [-0.3, -0.25) is 15.2 Å². The number of methoxy groups -OCH3 is 2. The number of carbonyl (C=O) groups excluding carboxylic acids is 1. The van der Waals surface area contributed by atoms with Gasteiger partial charge in [0.1, 0.15) is 17.4 Å². The van der Waals surface area contributed by atoms with E-state index < -0.39 is 11.8 Å². The molecule has 0 atom stereocenters. The van der Waals surface area contributed by atoms with Gasteiger partial charge in [-0.1, -0.05) is 0 Å². The molecule has 130 valence electrons. The second-order valence-electron chi connectivity index (χ2n) is 4.98. The third-order valence-electron chi connectivity index (χ3n) is 3.57. The summed E-state index contributed by atoms with van der Waals surface area (Å²) in [6.45, 7) is 0.290. The molecule has 6 nitrogen and oxygen atoms in total. The summed E-state index contributed by atoms with van der Waals surface area (Å²) in [5.41, 5.74) is 0.387. The van der Waals surface area contributed by atoms with Gasteiger partial charge in [0.2, 0.25) is 0 Å². The molecule has 24 heavy (non-hydrogen) atoms. The van der Waals surface area contributed by atoms with E-state index in [1.54, 1.807) is 6.26 Å². The van der Waals surface area contributed by atoms with Crippen LogP contribution < -0.4 is 9.47 Å². The van der Waals surface area contributed by atoms with Crippen molar-refractivity contribution in [3.8, 4) is 11.5 Å². The molecular formula is C16H19FN2O4S. The molecule has 0 aromatic heterocycles. The minimum absolute atomic E-state index is 0.0778. The van der Waals surface area contributed by atoms with E-state index in [4.69, 9.17) is 14.9 Å². The van der Waals surface area contributed by atoms with E-state index in [-0.39, 0.29) is 22.9 Å². The van der Waals surface area contributed by atoms with E-state index in [0.29, 0.717) is 36.5 Å². The Morgan fingerprint density at radius 2 is 2.25 bits per heavy atom. The van der Waals surface area contributed by atoms with Crippen molar-refractivity contribution < 1.29 is 23.4 Å². The average Bonchev–Trinajstić information content (AvgIpc) is 2.62. The minimum atomic E-state index is -0.522. The zero-order chi connectivity index (χ0) is 17.7. The summed E-state index contributed by atoms with van der Waals surface area (Å²) in [5, 5.41) is 8.53. The zero-order valence-corrected chi connectivity index (χ0v) is 14.6. The summed E-state index contributed by atoms with van der Waals surface area (Å²) in [7, 11) is 2.73. The van der Waals surface area contributed by atoms with Crippen molar-refractivity contribution in [2.45, 2.75) is 12.8 Å². The number of thioether (sulfide) groups is 1. The van der Waals surface area contributed by atoms with Gasteiger partial charge in [-0.2, -0.15) is 0 Å². The fourth-order valence-corrected chi connectivity index (χ4v) is 2.88. The maximum absolute atomic E-state index is 14.9. The standard InChI is InChI=1S/C16H19FN2O4S/c1-21-11-7-10(13(17)9-5-4-6-23-15(9)11)14(18)16(24-3)19-8-12(20)22-2/h7,18H,4-6,8H2,1-3H3. The molecular weight excluding hydrogens is 335 g/mol. The van der Waals surface area contributed by atoms with Gasteiger partial charge >= 0.3 is 5.97 Å². The first-order valence-corrected chi connectivity index (χ1v) is 8.52. The van der Waals surface area contributed by atoms with E-state index in [1.165, 1.54) is 20.3 Å². The van der Waals surface area contributed by atoms with Crippen LogP contribution in [0.2, 0.25) is 0 Å². The third kappa shape index (κ3) is 3.69. The van der Waals surface area contributed by atoms with E-state index in [9.17, 15) is 9.18 Å². The summed E-state index contributed by atoms with van der Waals surface area (Å²) >= 11 is 1.16. The molecule has 1 aliphatic heterocycles. The van der Waals surface area contributed by atoms with E-state index >= 15 is 0 Å². The van der Waals surface area contributed by atoms with Gasteiger partial charge < -0.3 is 14.2 Å². The number of benzene rings is 1.